The third kappa shape index (κ3) is 2.66. The molecule has 7 heteroatoms. The number of ether oxygens (including phenoxy) is 2. The van der Waals surface area contributed by atoms with Crippen molar-refractivity contribution in [2.24, 2.45) is 0 Å². The average Bonchev–Trinajstić information content (AvgIpc) is 2.71. The molecule has 0 saturated carbocycles. The van der Waals surface area contributed by atoms with E-state index in [1.54, 1.807) is 11.8 Å². The van der Waals surface area contributed by atoms with E-state index in [0.717, 1.165) is 0 Å². The normalized spacial score (nSPS) is 23.4. The zero-order valence-corrected chi connectivity index (χ0v) is 10.3. The number of aliphatic hydroxyl groups is 1. The zero-order valence-electron chi connectivity index (χ0n) is 10.3. The van der Waals surface area contributed by atoms with E-state index in [9.17, 15) is 9.59 Å². The van der Waals surface area contributed by atoms with E-state index in [2.05, 4.69) is 5.32 Å². The topological polar surface area (TPSA) is 88.1 Å². The zero-order chi connectivity index (χ0) is 13.2. The smallest absolute Gasteiger partial charge is 0.410 e. The Labute approximate surface area is 105 Å². The van der Waals surface area contributed by atoms with Gasteiger partial charge in [-0.15, -0.1) is 0 Å². The Morgan fingerprint density at radius 2 is 2.28 bits per heavy atom. The van der Waals surface area contributed by atoms with Crippen molar-refractivity contribution in [3.05, 3.63) is 0 Å². The van der Waals surface area contributed by atoms with E-state index >= 15 is 0 Å². The van der Waals surface area contributed by atoms with Crippen LogP contribution in [0.15, 0.2) is 0 Å². The molecule has 0 bridgehead atoms. The van der Waals surface area contributed by atoms with Gasteiger partial charge in [-0.05, 0) is 6.92 Å². The lowest BCUT2D eigenvalue weighted by Crippen LogP contribution is -2.49. The van der Waals surface area contributed by atoms with Gasteiger partial charge in [-0.1, -0.05) is 0 Å². The molecule has 0 aromatic heterocycles. The first kappa shape index (κ1) is 12.9. The number of amides is 2. The van der Waals surface area contributed by atoms with Gasteiger partial charge in [0.05, 0.1) is 13.2 Å². The van der Waals surface area contributed by atoms with Crippen LogP contribution < -0.4 is 5.32 Å². The van der Waals surface area contributed by atoms with Crippen molar-refractivity contribution in [3.63, 3.8) is 0 Å². The monoisotopic (exact) mass is 258 g/mol. The van der Waals surface area contributed by atoms with Crippen molar-refractivity contribution in [1.29, 1.82) is 0 Å². The van der Waals surface area contributed by atoms with Gasteiger partial charge in [-0.2, -0.15) is 0 Å². The lowest BCUT2D eigenvalue weighted by atomic mass is 9.92. The maximum Gasteiger partial charge on any atom is 0.410 e. The molecule has 102 valence electrons. The number of carbonyl (C=O) groups is 2. The van der Waals surface area contributed by atoms with Crippen LogP contribution in [0.4, 0.5) is 9.59 Å². The number of alkyl carbamates (subject to hydrolysis) is 1. The summed E-state index contributed by atoms with van der Waals surface area (Å²) in [6.45, 7) is 2.93. The minimum absolute atomic E-state index is 0.189. The summed E-state index contributed by atoms with van der Waals surface area (Å²) in [7, 11) is 0. The van der Waals surface area contributed by atoms with Crippen LogP contribution in [0.25, 0.3) is 0 Å². The molecule has 2 N–H and O–H groups in total. The highest BCUT2D eigenvalue weighted by Crippen LogP contribution is 2.29. The highest BCUT2D eigenvalue weighted by atomic mass is 16.6. The third-order valence-corrected chi connectivity index (χ3v) is 3.36. The SMILES string of the molecule is C[C@@H](CO)OC(=O)N1CCC2(CC1)CNC(=O)O2. The van der Waals surface area contributed by atoms with Gasteiger partial charge >= 0.3 is 12.2 Å². The summed E-state index contributed by atoms with van der Waals surface area (Å²) in [6.07, 6.45) is -0.106. The second kappa shape index (κ2) is 5.01. The van der Waals surface area contributed by atoms with Gasteiger partial charge in [0.25, 0.3) is 0 Å². The summed E-state index contributed by atoms with van der Waals surface area (Å²) in [5.41, 5.74) is -0.462. The first-order valence-electron chi connectivity index (χ1n) is 6.08. The Hall–Kier alpha value is -1.50. The van der Waals surface area contributed by atoms with Gasteiger partial charge in [0, 0.05) is 25.9 Å². The fraction of sp³-hybridized carbons (Fsp3) is 0.818. The molecule has 0 radical (unpaired) electrons. The number of hydrogen-bond acceptors (Lipinski definition) is 5. The van der Waals surface area contributed by atoms with Crippen LogP contribution in [-0.2, 0) is 9.47 Å². The Morgan fingerprint density at radius 3 is 2.78 bits per heavy atom. The number of likely N-dealkylation sites (tertiary alicyclic amines) is 1. The standard InChI is InChI=1S/C11H18N2O5/c1-8(6-14)17-10(16)13-4-2-11(3-5-13)7-12-9(15)18-11/h8,14H,2-7H2,1H3,(H,12,15)/t8-/m0/s1. The second-order valence-corrected chi connectivity index (χ2v) is 4.79. The van der Waals surface area contributed by atoms with Crippen molar-refractivity contribution >= 4 is 12.2 Å². The molecular formula is C11H18N2O5. The van der Waals surface area contributed by atoms with E-state index in [0.29, 0.717) is 32.5 Å². The van der Waals surface area contributed by atoms with Crippen molar-refractivity contribution in [1.82, 2.24) is 10.2 Å². The number of nitrogens with zero attached hydrogens (tertiary/aromatic N) is 1. The number of carbonyl (C=O) groups excluding carboxylic acids is 2. The molecule has 0 unspecified atom stereocenters. The molecule has 7 nitrogen and oxygen atoms in total. The number of rotatable bonds is 2. The quantitative estimate of drug-likeness (QED) is 0.732. The summed E-state index contributed by atoms with van der Waals surface area (Å²) in [5, 5.41) is 11.5. The highest BCUT2D eigenvalue weighted by Gasteiger charge is 2.43. The predicted molar refractivity (Wildman–Crippen MR) is 61.1 cm³/mol. The summed E-state index contributed by atoms with van der Waals surface area (Å²) in [4.78, 5) is 24.3. The van der Waals surface area contributed by atoms with E-state index in [4.69, 9.17) is 14.6 Å². The maximum absolute atomic E-state index is 11.7. The summed E-state index contributed by atoms with van der Waals surface area (Å²) >= 11 is 0. The molecule has 1 spiro atoms. The van der Waals surface area contributed by atoms with E-state index < -0.39 is 17.8 Å². The molecular weight excluding hydrogens is 240 g/mol. The molecule has 2 amide bonds. The fourth-order valence-electron chi connectivity index (χ4n) is 2.16. The van der Waals surface area contributed by atoms with Crippen LogP contribution in [0.1, 0.15) is 19.8 Å². The molecule has 2 aliphatic heterocycles. The Bertz CT molecular complexity index is 338. The number of hydrogen-bond donors (Lipinski definition) is 2. The van der Waals surface area contributed by atoms with Crippen LogP contribution in [0, 0.1) is 0 Å². The molecule has 18 heavy (non-hydrogen) atoms. The molecule has 1 atom stereocenters. The molecule has 2 rings (SSSR count). The van der Waals surface area contributed by atoms with Gasteiger partial charge in [0.15, 0.2) is 0 Å². The van der Waals surface area contributed by atoms with E-state index in [1.165, 1.54) is 0 Å². The maximum atomic E-state index is 11.7. The van der Waals surface area contributed by atoms with Crippen LogP contribution in [0.5, 0.6) is 0 Å². The third-order valence-electron chi connectivity index (χ3n) is 3.36. The van der Waals surface area contributed by atoms with Gasteiger partial charge in [-0.25, -0.2) is 9.59 Å². The van der Waals surface area contributed by atoms with Gasteiger partial charge in [-0.3, -0.25) is 0 Å². The van der Waals surface area contributed by atoms with E-state index in [1.807, 2.05) is 0 Å². The van der Waals surface area contributed by atoms with Gasteiger partial charge < -0.3 is 24.8 Å². The number of aliphatic hydroxyl groups excluding tert-OH is 1. The summed E-state index contributed by atoms with van der Waals surface area (Å²) in [6, 6.07) is 0. The number of nitrogens with one attached hydrogen (secondary N) is 1. The van der Waals surface area contributed by atoms with Gasteiger partial charge in [0.2, 0.25) is 0 Å². The van der Waals surface area contributed by atoms with Crippen LogP contribution in [-0.4, -0.2) is 60.1 Å². The Morgan fingerprint density at radius 1 is 1.61 bits per heavy atom. The molecule has 2 aliphatic rings. The van der Waals surface area contributed by atoms with Crippen LogP contribution in [0.2, 0.25) is 0 Å². The lowest BCUT2D eigenvalue weighted by molar-refractivity contribution is -0.00986. The van der Waals surface area contributed by atoms with Crippen LogP contribution in [0.3, 0.4) is 0 Å². The van der Waals surface area contributed by atoms with Crippen molar-refractivity contribution in [2.75, 3.05) is 26.2 Å². The molecule has 2 heterocycles. The molecule has 0 aliphatic carbocycles. The lowest BCUT2D eigenvalue weighted by Gasteiger charge is -2.36. The largest absolute Gasteiger partial charge is 0.444 e. The second-order valence-electron chi connectivity index (χ2n) is 4.79. The van der Waals surface area contributed by atoms with Crippen molar-refractivity contribution in [3.8, 4) is 0 Å². The van der Waals surface area contributed by atoms with Crippen molar-refractivity contribution in [2.45, 2.75) is 31.5 Å². The molecule has 2 fully saturated rings. The van der Waals surface area contributed by atoms with Gasteiger partial charge in [0.1, 0.15) is 11.7 Å². The number of piperidine rings is 1. The Balaban J connectivity index is 1.83. The average molecular weight is 258 g/mol. The summed E-state index contributed by atoms with van der Waals surface area (Å²) < 4.78 is 10.3. The van der Waals surface area contributed by atoms with Crippen molar-refractivity contribution < 1.29 is 24.2 Å². The predicted octanol–water partition coefficient (Wildman–Crippen LogP) is 0.0782. The first-order chi connectivity index (χ1) is 8.54. The highest BCUT2D eigenvalue weighted by molar-refractivity contribution is 5.71. The minimum Gasteiger partial charge on any atom is -0.444 e. The Kier molecular flexibility index (Phi) is 3.60. The fourth-order valence-corrected chi connectivity index (χ4v) is 2.16. The first-order valence-corrected chi connectivity index (χ1v) is 6.08. The summed E-state index contributed by atoms with van der Waals surface area (Å²) in [5.74, 6) is 0. The molecule has 2 saturated heterocycles. The molecule has 0 aromatic rings. The van der Waals surface area contributed by atoms with Crippen LogP contribution >= 0.6 is 0 Å². The van der Waals surface area contributed by atoms with E-state index in [-0.39, 0.29) is 12.7 Å². The molecule has 0 aromatic carbocycles. The minimum atomic E-state index is -0.501.